The standard InChI is InChI=1S/C18H13ClN2O3S/c19-13-8-6-11(7-9-13)14(22)10-25-18-20-16(23)15(17(24)21-18)12-4-2-1-3-5-12/h1-9H,10H2,(H2,20,21,23,24). The first-order valence-corrected chi connectivity index (χ1v) is 8.71. The molecule has 0 aliphatic rings. The van der Waals surface area contributed by atoms with Crippen LogP contribution in [0, 0.1) is 0 Å². The predicted octanol–water partition coefficient (Wildman–Crippen LogP) is 3.77. The molecule has 3 aromatic rings. The number of nitrogens with one attached hydrogen (secondary N) is 1. The van der Waals surface area contributed by atoms with Gasteiger partial charge in [0.2, 0.25) is 5.88 Å². The number of H-pyrrole nitrogens is 1. The van der Waals surface area contributed by atoms with Crippen LogP contribution in [-0.2, 0) is 0 Å². The molecule has 7 heteroatoms. The van der Waals surface area contributed by atoms with Gasteiger partial charge in [-0.15, -0.1) is 0 Å². The van der Waals surface area contributed by atoms with Gasteiger partial charge in [-0.25, -0.2) is 0 Å². The highest BCUT2D eigenvalue weighted by Crippen LogP contribution is 2.25. The summed E-state index contributed by atoms with van der Waals surface area (Å²) in [7, 11) is 0. The van der Waals surface area contributed by atoms with E-state index < -0.39 is 5.56 Å². The van der Waals surface area contributed by atoms with E-state index in [0.29, 0.717) is 16.1 Å². The number of aromatic amines is 1. The van der Waals surface area contributed by atoms with E-state index in [2.05, 4.69) is 9.97 Å². The molecule has 0 fully saturated rings. The molecule has 0 atom stereocenters. The van der Waals surface area contributed by atoms with Crippen molar-refractivity contribution in [2.75, 3.05) is 5.75 Å². The Kier molecular flexibility index (Phi) is 5.21. The van der Waals surface area contributed by atoms with Crippen LogP contribution in [0.15, 0.2) is 64.5 Å². The van der Waals surface area contributed by atoms with E-state index in [1.165, 1.54) is 0 Å². The van der Waals surface area contributed by atoms with Crippen LogP contribution in [0.5, 0.6) is 5.88 Å². The van der Waals surface area contributed by atoms with Gasteiger partial charge < -0.3 is 10.1 Å². The first-order chi connectivity index (χ1) is 12.0. The molecule has 1 aromatic heterocycles. The second-order valence-electron chi connectivity index (χ2n) is 5.15. The molecule has 5 nitrogen and oxygen atoms in total. The van der Waals surface area contributed by atoms with Crippen molar-refractivity contribution in [1.29, 1.82) is 0 Å². The number of nitrogens with zero attached hydrogens (tertiary/aromatic N) is 1. The van der Waals surface area contributed by atoms with Gasteiger partial charge in [-0.1, -0.05) is 53.7 Å². The van der Waals surface area contributed by atoms with Gasteiger partial charge >= 0.3 is 0 Å². The van der Waals surface area contributed by atoms with Crippen molar-refractivity contribution in [3.8, 4) is 17.0 Å². The molecular formula is C18H13ClN2O3S. The normalized spacial score (nSPS) is 10.6. The van der Waals surface area contributed by atoms with Gasteiger partial charge in [-0.3, -0.25) is 9.59 Å². The molecule has 0 saturated heterocycles. The SMILES string of the molecule is O=C(CSc1nc(O)c(-c2ccccc2)c(=O)[nH]1)c1ccc(Cl)cc1. The summed E-state index contributed by atoms with van der Waals surface area (Å²) in [6.45, 7) is 0. The third-order valence-corrected chi connectivity index (χ3v) is 4.57. The highest BCUT2D eigenvalue weighted by atomic mass is 35.5. The Morgan fingerprint density at radius 2 is 1.80 bits per heavy atom. The maximum Gasteiger partial charge on any atom is 0.263 e. The number of rotatable bonds is 5. The van der Waals surface area contributed by atoms with E-state index in [1.807, 2.05) is 6.07 Å². The lowest BCUT2D eigenvalue weighted by Gasteiger charge is -2.06. The van der Waals surface area contributed by atoms with Crippen molar-refractivity contribution < 1.29 is 9.90 Å². The van der Waals surface area contributed by atoms with Crippen LogP contribution < -0.4 is 5.56 Å². The summed E-state index contributed by atoms with van der Waals surface area (Å²) in [4.78, 5) is 31.0. The van der Waals surface area contributed by atoms with E-state index in [0.717, 1.165) is 11.8 Å². The molecule has 0 unspecified atom stereocenters. The van der Waals surface area contributed by atoms with Gasteiger partial charge in [-0.05, 0) is 29.8 Å². The summed E-state index contributed by atoms with van der Waals surface area (Å²) >= 11 is 6.85. The molecule has 0 spiro atoms. The van der Waals surface area contributed by atoms with Crippen LogP contribution in [0.25, 0.3) is 11.1 Å². The smallest absolute Gasteiger partial charge is 0.263 e. The average Bonchev–Trinajstić information content (AvgIpc) is 2.61. The molecular weight excluding hydrogens is 360 g/mol. The van der Waals surface area contributed by atoms with Crippen molar-refractivity contribution in [1.82, 2.24) is 9.97 Å². The first-order valence-electron chi connectivity index (χ1n) is 7.35. The van der Waals surface area contributed by atoms with Gasteiger partial charge in [0.1, 0.15) is 5.56 Å². The fraction of sp³-hybridized carbons (Fsp3) is 0.0556. The molecule has 25 heavy (non-hydrogen) atoms. The van der Waals surface area contributed by atoms with Crippen LogP contribution in [0.3, 0.4) is 0 Å². The third kappa shape index (κ3) is 4.10. The third-order valence-electron chi connectivity index (χ3n) is 3.45. The second-order valence-corrected chi connectivity index (χ2v) is 6.55. The average molecular weight is 373 g/mol. The van der Waals surface area contributed by atoms with E-state index in [9.17, 15) is 14.7 Å². The molecule has 3 rings (SSSR count). The summed E-state index contributed by atoms with van der Waals surface area (Å²) in [5.74, 6) is -0.415. The molecule has 0 aliphatic carbocycles. The molecule has 2 N–H and O–H groups in total. The summed E-state index contributed by atoms with van der Waals surface area (Å²) < 4.78 is 0. The molecule has 2 aromatic carbocycles. The highest BCUT2D eigenvalue weighted by molar-refractivity contribution is 7.99. The number of carbonyl (C=O) groups is 1. The van der Waals surface area contributed by atoms with Crippen molar-refractivity contribution in [2.24, 2.45) is 0 Å². The van der Waals surface area contributed by atoms with Crippen molar-refractivity contribution in [3.05, 3.63) is 75.5 Å². The van der Waals surface area contributed by atoms with E-state index in [1.54, 1.807) is 48.5 Å². The number of halogens is 1. The Labute approximate surface area is 152 Å². The zero-order valence-electron chi connectivity index (χ0n) is 12.9. The predicted molar refractivity (Wildman–Crippen MR) is 98.5 cm³/mol. The lowest BCUT2D eigenvalue weighted by molar-refractivity contribution is 0.102. The van der Waals surface area contributed by atoms with Crippen LogP contribution in [0.1, 0.15) is 10.4 Å². The molecule has 0 bridgehead atoms. The Morgan fingerprint density at radius 3 is 2.44 bits per heavy atom. The van der Waals surface area contributed by atoms with Crippen molar-refractivity contribution in [2.45, 2.75) is 5.16 Å². The number of Topliss-reactive ketones (excluding diaryl/α,β-unsaturated/α-hetero) is 1. The van der Waals surface area contributed by atoms with Gasteiger partial charge in [0, 0.05) is 10.6 Å². The maximum atomic E-state index is 12.2. The largest absolute Gasteiger partial charge is 0.493 e. The molecule has 0 aliphatic heterocycles. The number of ketones is 1. The number of thioether (sulfide) groups is 1. The first kappa shape index (κ1) is 17.3. The minimum atomic E-state index is -0.458. The van der Waals surface area contributed by atoms with Gasteiger partial charge in [0.05, 0.1) is 5.75 Å². The van der Waals surface area contributed by atoms with Gasteiger partial charge in [0.15, 0.2) is 10.9 Å². The van der Waals surface area contributed by atoms with E-state index in [4.69, 9.17) is 11.6 Å². The Morgan fingerprint density at radius 1 is 1.12 bits per heavy atom. The summed E-state index contributed by atoms with van der Waals surface area (Å²) in [5, 5.41) is 10.8. The lowest BCUT2D eigenvalue weighted by Crippen LogP contribution is -2.12. The Hall–Kier alpha value is -2.57. The molecule has 0 amide bonds. The monoisotopic (exact) mass is 372 g/mol. The van der Waals surface area contributed by atoms with Crippen molar-refractivity contribution >= 4 is 29.1 Å². The minimum Gasteiger partial charge on any atom is -0.493 e. The number of carbonyl (C=O) groups excluding carboxylic acids is 1. The lowest BCUT2D eigenvalue weighted by atomic mass is 10.1. The van der Waals surface area contributed by atoms with Gasteiger partial charge in [-0.2, -0.15) is 4.98 Å². The van der Waals surface area contributed by atoms with E-state index in [-0.39, 0.29) is 28.1 Å². The topological polar surface area (TPSA) is 83.0 Å². The van der Waals surface area contributed by atoms with Crippen LogP contribution in [0.4, 0.5) is 0 Å². The quantitative estimate of drug-likeness (QED) is 0.404. The molecule has 1 heterocycles. The number of aromatic nitrogens is 2. The maximum absolute atomic E-state index is 12.2. The fourth-order valence-electron chi connectivity index (χ4n) is 2.23. The highest BCUT2D eigenvalue weighted by Gasteiger charge is 2.14. The molecule has 0 saturated carbocycles. The van der Waals surface area contributed by atoms with Gasteiger partial charge in [0.25, 0.3) is 5.56 Å². The van der Waals surface area contributed by atoms with Crippen LogP contribution in [0.2, 0.25) is 5.02 Å². The summed E-state index contributed by atoms with van der Waals surface area (Å²) in [6.07, 6.45) is 0. The summed E-state index contributed by atoms with van der Waals surface area (Å²) in [6, 6.07) is 15.3. The molecule has 0 radical (unpaired) electrons. The molecule has 126 valence electrons. The zero-order valence-corrected chi connectivity index (χ0v) is 14.5. The number of aromatic hydroxyl groups is 1. The number of hydrogen-bond donors (Lipinski definition) is 2. The number of benzene rings is 2. The number of hydrogen-bond acceptors (Lipinski definition) is 5. The Bertz CT molecular complexity index is 956. The van der Waals surface area contributed by atoms with E-state index >= 15 is 0 Å². The Balaban J connectivity index is 1.77. The fourth-order valence-corrected chi connectivity index (χ4v) is 3.10. The zero-order chi connectivity index (χ0) is 17.8. The summed E-state index contributed by atoms with van der Waals surface area (Å²) in [5.41, 5.74) is 0.737. The second kappa shape index (κ2) is 7.55. The van der Waals surface area contributed by atoms with Crippen LogP contribution in [-0.4, -0.2) is 26.6 Å². The van der Waals surface area contributed by atoms with Crippen molar-refractivity contribution in [3.63, 3.8) is 0 Å². The van der Waals surface area contributed by atoms with Crippen LogP contribution >= 0.6 is 23.4 Å². The minimum absolute atomic E-state index is 0.0781.